The maximum absolute atomic E-state index is 12.2. The van der Waals surface area contributed by atoms with E-state index in [2.05, 4.69) is 0 Å². The number of methoxy groups -OCH3 is 6. The Kier molecular flexibility index (Phi) is 20.6. The van der Waals surface area contributed by atoms with Crippen LogP contribution in [0.1, 0.15) is 90.4 Å². The highest BCUT2D eigenvalue weighted by Crippen LogP contribution is 2.43. The van der Waals surface area contributed by atoms with Crippen molar-refractivity contribution < 1.29 is 72.0 Å². The summed E-state index contributed by atoms with van der Waals surface area (Å²) in [5.41, 5.74) is -1.14. The summed E-state index contributed by atoms with van der Waals surface area (Å²) >= 11 is 0. The van der Waals surface area contributed by atoms with E-state index >= 15 is 0 Å². The van der Waals surface area contributed by atoms with Crippen molar-refractivity contribution in [1.29, 1.82) is 0 Å². The Bertz CT molecular complexity index is 1510. The van der Waals surface area contributed by atoms with E-state index in [1.54, 1.807) is 52.5 Å². The van der Waals surface area contributed by atoms with Gasteiger partial charge in [-0.15, -0.1) is 0 Å². The molecule has 0 aliphatic carbocycles. The molecule has 0 amide bonds. The van der Waals surface area contributed by atoms with Crippen LogP contribution in [0.4, 0.5) is 0 Å². The SMILES string of the molecule is CCC(C)(C)C(=O)OCC(C)(CO)CO.CCC(C)(C)C(=O)OCC1(C)COC(c2c(OC)cc(OC)cc2OC)OC1.COc1cc(OC)c(C=O)c(OC)c1. The number of hydrogen-bond donors (Lipinski definition) is 2. The zero-order valence-corrected chi connectivity index (χ0v) is 36.3. The molecule has 2 aromatic carbocycles. The Morgan fingerprint density at radius 2 is 1.09 bits per heavy atom. The number of aldehydes is 1. The lowest BCUT2D eigenvalue weighted by molar-refractivity contribution is -0.240. The second-order valence-electron chi connectivity index (χ2n) is 15.5. The molecular formula is C42H66O15. The van der Waals surface area contributed by atoms with Crippen LogP contribution >= 0.6 is 0 Å². The fourth-order valence-corrected chi connectivity index (χ4v) is 4.61. The van der Waals surface area contributed by atoms with Gasteiger partial charge >= 0.3 is 11.9 Å². The van der Waals surface area contributed by atoms with E-state index in [0.29, 0.717) is 78.0 Å². The van der Waals surface area contributed by atoms with E-state index in [1.807, 2.05) is 48.5 Å². The first kappa shape index (κ1) is 50.7. The molecule has 0 saturated carbocycles. The Morgan fingerprint density at radius 1 is 0.702 bits per heavy atom. The zero-order valence-electron chi connectivity index (χ0n) is 36.3. The van der Waals surface area contributed by atoms with Crippen molar-refractivity contribution in [2.24, 2.45) is 21.7 Å². The quantitative estimate of drug-likeness (QED) is 0.128. The number of aliphatic hydroxyl groups is 2. The van der Waals surface area contributed by atoms with Gasteiger partial charge in [0.1, 0.15) is 47.7 Å². The highest BCUT2D eigenvalue weighted by molar-refractivity contribution is 5.84. The summed E-state index contributed by atoms with van der Waals surface area (Å²) in [7, 11) is 9.23. The van der Waals surface area contributed by atoms with Gasteiger partial charge in [0.2, 0.25) is 0 Å². The lowest BCUT2D eigenvalue weighted by atomic mass is 9.90. The van der Waals surface area contributed by atoms with Gasteiger partial charge < -0.3 is 57.6 Å². The predicted molar refractivity (Wildman–Crippen MR) is 213 cm³/mol. The van der Waals surface area contributed by atoms with Crippen LogP contribution in [-0.4, -0.2) is 111 Å². The van der Waals surface area contributed by atoms with Gasteiger partial charge in [-0.2, -0.15) is 0 Å². The largest absolute Gasteiger partial charge is 0.496 e. The fourth-order valence-electron chi connectivity index (χ4n) is 4.61. The number of ether oxygens (including phenoxy) is 10. The van der Waals surface area contributed by atoms with Crippen molar-refractivity contribution >= 4 is 18.2 Å². The maximum Gasteiger partial charge on any atom is 0.311 e. The number of carbonyl (C=O) groups is 3. The molecule has 0 spiro atoms. The summed E-state index contributed by atoms with van der Waals surface area (Å²) in [4.78, 5) is 34.6. The van der Waals surface area contributed by atoms with Crippen LogP contribution in [0.3, 0.4) is 0 Å². The molecular weight excluding hydrogens is 744 g/mol. The standard InChI is InChI=1S/C21H32O7.C11H22O4.C10H12O4/c1-8-20(2,3)19(22)28-13-21(4)11-26-18(27-12-21)17-15(24-6)9-14(23-5)10-16(17)25-7;1-5-10(2,3)9(14)15-8-11(4,6-12)7-13;1-12-7-4-9(13-2)8(6-11)10(5-7)14-3/h9-10,18H,8,11-13H2,1-7H3;12-13H,5-8H2,1-4H3;4-6H,1-3H3. The normalized spacial score (nSPS) is 16.7. The predicted octanol–water partition coefficient (Wildman–Crippen LogP) is 6.23. The Balaban J connectivity index is 0.000000473. The highest BCUT2D eigenvalue weighted by Gasteiger charge is 2.38. The van der Waals surface area contributed by atoms with Gasteiger partial charge in [-0.05, 0) is 40.5 Å². The first-order valence-corrected chi connectivity index (χ1v) is 18.6. The third kappa shape index (κ3) is 14.5. The minimum Gasteiger partial charge on any atom is -0.496 e. The Hall–Kier alpha value is -4.31. The zero-order chi connectivity index (χ0) is 43.6. The van der Waals surface area contributed by atoms with Crippen LogP contribution in [0.2, 0.25) is 0 Å². The molecule has 1 aliphatic heterocycles. The first-order chi connectivity index (χ1) is 26.8. The summed E-state index contributed by atoms with van der Waals surface area (Å²) in [6.07, 6.45) is 1.46. The van der Waals surface area contributed by atoms with Gasteiger partial charge in [-0.3, -0.25) is 14.4 Å². The van der Waals surface area contributed by atoms with E-state index in [-0.39, 0.29) is 38.4 Å². The highest BCUT2D eigenvalue weighted by atomic mass is 16.7. The fraction of sp³-hybridized carbons (Fsp3) is 0.643. The third-order valence-corrected chi connectivity index (χ3v) is 9.77. The van der Waals surface area contributed by atoms with Crippen molar-refractivity contribution in [2.75, 3.05) is 82.3 Å². The van der Waals surface area contributed by atoms with Gasteiger partial charge in [0.15, 0.2) is 12.6 Å². The molecule has 15 nitrogen and oxygen atoms in total. The van der Waals surface area contributed by atoms with Crippen LogP contribution in [0.15, 0.2) is 24.3 Å². The van der Waals surface area contributed by atoms with Gasteiger partial charge in [-0.1, -0.05) is 27.7 Å². The average molecular weight is 811 g/mol. The Labute approximate surface area is 338 Å². The van der Waals surface area contributed by atoms with Gasteiger partial charge in [0, 0.05) is 35.1 Å². The van der Waals surface area contributed by atoms with Crippen molar-refractivity contribution in [3.05, 3.63) is 35.4 Å². The van der Waals surface area contributed by atoms with Crippen LogP contribution < -0.4 is 28.4 Å². The molecule has 2 aromatic rings. The number of benzene rings is 2. The van der Waals surface area contributed by atoms with E-state index in [4.69, 9.17) is 57.6 Å². The van der Waals surface area contributed by atoms with Crippen molar-refractivity contribution in [3.63, 3.8) is 0 Å². The molecule has 324 valence electrons. The van der Waals surface area contributed by atoms with E-state index in [9.17, 15) is 14.4 Å². The summed E-state index contributed by atoms with van der Waals surface area (Å²) in [5, 5.41) is 18.0. The topological polar surface area (TPSA) is 184 Å². The van der Waals surface area contributed by atoms with Gasteiger partial charge in [-0.25, -0.2) is 0 Å². The number of hydrogen-bond acceptors (Lipinski definition) is 15. The molecule has 1 heterocycles. The van der Waals surface area contributed by atoms with Crippen LogP contribution in [-0.2, 0) is 28.5 Å². The van der Waals surface area contributed by atoms with Crippen molar-refractivity contribution in [3.8, 4) is 34.5 Å². The summed E-state index contributed by atoms with van der Waals surface area (Å²) in [5.74, 6) is 2.69. The van der Waals surface area contributed by atoms with Gasteiger partial charge in [0.05, 0.1) is 91.0 Å². The second kappa shape index (κ2) is 23.2. The lowest BCUT2D eigenvalue weighted by Crippen LogP contribution is -2.41. The molecule has 3 rings (SSSR count). The van der Waals surface area contributed by atoms with Crippen molar-refractivity contribution in [1.82, 2.24) is 0 Å². The molecule has 1 fully saturated rings. The minimum atomic E-state index is -0.751. The maximum atomic E-state index is 12.2. The number of carbonyl (C=O) groups excluding carboxylic acids is 3. The average Bonchev–Trinajstić information content (AvgIpc) is 3.23. The molecule has 0 bridgehead atoms. The lowest BCUT2D eigenvalue weighted by Gasteiger charge is -2.38. The molecule has 0 aromatic heterocycles. The van der Waals surface area contributed by atoms with Crippen LogP contribution in [0, 0.1) is 21.7 Å². The van der Waals surface area contributed by atoms with Crippen LogP contribution in [0.5, 0.6) is 34.5 Å². The summed E-state index contributed by atoms with van der Waals surface area (Å²) in [6, 6.07) is 6.78. The number of rotatable bonds is 18. The second-order valence-corrected chi connectivity index (χ2v) is 15.5. The number of aliphatic hydroxyl groups excluding tert-OH is 2. The van der Waals surface area contributed by atoms with Crippen LogP contribution in [0.25, 0.3) is 0 Å². The van der Waals surface area contributed by atoms with E-state index < -0.39 is 27.9 Å². The molecule has 0 atom stereocenters. The smallest absolute Gasteiger partial charge is 0.311 e. The first-order valence-electron chi connectivity index (χ1n) is 18.6. The molecule has 2 N–H and O–H groups in total. The summed E-state index contributed by atoms with van der Waals surface area (Å²) < 4.78 is 53.9. The summed E-state index contributed by atoms with van der Waals surface area (Å²) in [6.45, 7) is 15.5. The molecule has 15 heteroatoms. The number of esters is 2. The monoisotopic (exact) mass is 810 g/mol. The van der Waals surface area contributed by atoms with Gasteiger partial charge in [0.25, 0.3) is 0 Å². The minimum absolute atomic E-state index is 0.0439. The molecule has 1 saturated heterocycles. The third-order valence-electron chi connectivity index (χ3n) is 9.77. The van der Waals surface area contributed by atoms with Crippen molar-refractivity contribution in [2.45, 2.75) is 74.5 Å². The molecule has 0 unspecified atom stereocenters. The van der Waals surface area contributed by atoms with E-state index in [0.717, 1.165) is 0 Å². The molecule has 1 aliphatic rings. The molecule has 57 heavy (non-hydrogen) atoms. The van der Waals surface area contributed by atoms with E-state index in [1.165, 1.54) is 21.3 Å². The Morgan fingerprint density at radius 3 is 1.42 bits per heavy atom. The molecule has 0 radical (unpaired) electrons.